The summed E-state index contributed by atoms with van der Waals surface area (Å²) in [6.45, 7) is 2.32. The molecule has 1 aromatic heterocycles. The van der Waals surface area contributed by atoms with Crippen LogP contribution < -0.4 is 10.6 Å². The molecule has 0 aliphatic carbocycles. The molecule has 0 spiro atoms. The van der Waals surface area contributed by atoms with Crippen LogP contribution >= 0.6 is 11.3 Å². The van der Waals surface area contributed by atoms with E-state index in [0.717, 1.165) is 15.4 Å². The van der Waals surface area contributed by atoms with Crippen LogP contribution in [0.25, 0.3) is 0 Å². The number of aromatic nitrogens is 1. The van der Waals surface area contributed by atoms with Gasteiger partial charge in [-0.15, -0.1) is 11.3 Å². The molecule has 5 nitrogen and oxygen atoms in total. The van der Waals surface area contributed by atoms with Crippen LogP contribution in [0.3, 0.4) is 0 Å². The molecule has 1 atom stereocenters. The number of rotatable bonds is 7. The minimum absolute atomic E-state index is 0.214. The van der Waals surface area contributed by atoms with Gasteiger partial charge in [0.1, 0.15) is 6.04 Å². The molecule has 0 radical (unpaired) electrons. The van der Waals surface area contributed by atoms with Gasteiger partial charge in [-0.1, -0.05) is 48.5 Å². The van der Waals surface area contributed by atoms with Crippen molar-refractivity contribution in [1.29, 1.82) is 0 Å². The van der Waals surface area contributed by atoms with E-state index in [0.29, 0.717) is 18.5 Å². The van der Waals surface area contributed by atoms with Gasteiger partial charge in [-0.3, -0.25) is 9.59 Å². The molecule has 0 saturated carbocycles. The van der Waals surface area contributed by atoms with Gasteiger partial charge in [-0.25, -0.2) is 4.98 Å². The van der Waals surface area contributed by atoms with Gasteiger partial charge in [-0.05, 0) is 24.6 Å². The van der Waals surface area contributed by atoms with Crippen LogP contribution in [-0.4, -0.2) is 22.8 Å². The summed E-state index contributed by atoms with van der Waals surface area (Å²) in [6.07, 6.45) is 2.18. The van der Waals surface area contributed by atoms with Crippen molar-refractivity contribution in [2.45, 2.75) is 25.9 Å². The van der Waals surface area contributed by atoms with E-state index in [-0.39, 0.29) is 11.8 Å². The SMILES string of the molecule is Cc1ncc(CNC(=O)C(Cc2ccccc2)NC(=O)c2ccccc2)s1. The molecule has 0 aliphatic rings. The maximum absolute atomic E-state index is 12.8. The minimum atomic E-state index is -0.658. The summed E-state index contributed by atoms with van der Waals surface area (Å²) in [5.41, 5.74) is 1.51. The number of benzene rings is 2. The minimum Gasteiger partial charge on any atom is -0.349 e. The quantitative estimate of drug-likeness (QED) is 0.663. The number of hydrogen-bond donors (Lipinski definition) is 2. The zero-order chi connectivity index (χ0) is 19.1. The Bertz CT molecular complexity index is 894. The average molecular weight is 379 g/mol. The molecule has 2 N–H and O–H groups in total. The van der Waals surface area contributed by atoms with Crippen molar-refractivity contribution < 1.29 is 9.59 Å². The van der Waals surface area contributed by atoms with Gasteiger partial charge in [0.05, 0.1) is 11.6 Å². The maximum atomic E-state index is 12.8. The van der Waals surface area contributed by atoms with Crippen molar-refractivity contribution in [3.8, 4) is 0 Å². The lowest BCUT2D eigenvalue weighted by molar-refractivity contribution is -0.123. The van der Waals surface area contributed by atoms with Crippen molar-refractivity contribution in [3.63, 3.8) is 0 Å². The second kappa shape index (κ2) is 9.09. The Kier molecular flexibility index (Phi) is 6.33. The number of carbonyl (C=O) groups is 2. The molecule has 0 bridgehead atoms. The summed E-state index contributed by atoms with van der Waals surface area (Å²) in [7, 11) is 0. The highest BCUT2D eigenvalue weighted by atomic mass is 32.1. The monoisotopic (exact) mass is 379 g/mol. The highest BCUT2D eigenvalue weighted by molar-refractivity contribution is 7.11. The third kappa shape index (κ3) is 5.49. The van der Waals surface area contributed by atoms with Crippen molar-refractivity contribution in [2.24, 2.45) is 0 Å². The molecule has 0 aliphatic heterocycles. The Balaban J connectivity index is 1.70. The number of amides is 2. The summed E-state index contributed by atoms with van der Waals surface area (Å²) >= 11 is 1.54. The van der Waals surface area contributed by atoms with Crippen LogP contribution in [-0.2, 0) is 17.8 Å². The topological polar surface area (TPSA) is 71.1 Å². The van der Waals surface area contributed by atoms with E-state index in [1.54, 1.807) is 41.8 Å². The molecule has 27 heavy (non-hydrogen) atoms. The molecule has 2 aromatic carbocycles. The van der Waals surface area contributed by atoms with E-state index in [4.69, 9.17) is 0 Å². The third-order valence-electron chi connectivity index (χ3n) is 4.05. The molecule has 2 amide bonds. The fourth-order valence-electron chi connectivity index (χ4n) is 2.67. The van der Waals surface area contributed by atoms with E-state index < -0.39 is 6.04 Å². The Morgan fingerprint density at radius 2 is 1.70 bits per heavy atom. The van der Waals surface area contributed by atoms with Crippen molar-refractivity contribution in [1.82, 2.24) is 15.6 Å². The fraction of sp³-hybridized carbons (Fsp3) is 0.190. The summed E-state index contributed by atoms with van der Waals surface area (Å²) in [4.78, 5) is 30.5. The molecule has 138 valence electrons. The molecule has 1 unspecified atom stereocenters. The number of thiazole rings is 1. The molecular weight excluding hydrogens is 358 g/mol. The van der Waals surface area contributed by atoms with Crippen molar-refractivity contribution in [2.75, 3.05) is 0 Å². The van der Waals surface area contributed by atoms with Gasteiger partial charge in [0.25, 0.3) is 5.91 Å². The summed E-state index contributed by atoms with van der Waals surface area (Å²) in [5.74, 6) is -0.477. The number of nitrogens with one attached hydrogen (secondary N) is 2. The standard InChI is InChI=1S/C21H21N3O2S/c1-15-22-13-18(27-15)14-23-21(26)19(12-16-8-4-2-5-9-16)24-20(25)17-10-6-3-7-11-17/h2-11,13,19H,12,14H2,1H3,(H,23,26)(H,24,25). The Morgan fingerprint density at radius 1 is 1.04 bits per heavy atom. The number of nitrogens with zero attached hydrogens (tertiary/aromatic N) is 1. The van der Waals surface area contributed by atoms with Crippen LogP contribution in [0.1, 0.15) is 25.8 Å². The van der Waals surface area contributed by atoms with E-state index in [1.807, 2.05) is 43.3 Å². The number of aryl methyl sites for hydroxylation is 1. The number of carbonyl (C=O) groups excluding carboxylic acids is 2. The third-order valence-corrected chi connectivity index (χ3v) is 4.96. The lowest BCUT2D eigenvalue weighted by Gasteiger charge is -2.18. The Hall–Kier alpha value is -2.99. The molecule has 1 heterocycles. The van der Waals surface area contributed by atoms with Crippen LogP contribution in [0.5, 0.6) is 0 Å². The smallest absolute Gasteiger partial charge is 0.251 e. The highest BCUT2D eigenvalue weighted by Gasteiger charge is 2.22. The maximum Gasteiger partial charge on any atom is 0.251 e. The first-order valence-electron chi connectivity index (χ1n) is 8.70. The van der Waals surface area contributed by atoms with Crippen molar-refractivity contribution in [3.05, 3.63) is 87.9 Å². The molecule has 6 heteroatoms. The van der Waals surface area contributed by atoms with Gasteiger partial charge < -0.3 is 10.6 Å². The number of hydrogen-bond acceptors (Lipinski definition) is 4. The van der Waals surface area contributed by atoms with Gasteiger partial charge in [0.15, 0.2) is 0 Å². The summed E-state index contributed by atoms with van der Waals surface area (Å²) in [6, 6.07) is 17.9. The van der Waals surface area contributed by atoms with Gasteiger partial charge in [-0.2, -0.15) is 0 Å². The second-order valence-electron chi connectivity index (χ2n) is 6.15. The zero-order valence-corrected chi connectivity index (χ0v) is 15.8. The Morgan fingerprint density at radius 3 is 2.33 bits per heavy atom. The van der Waals surface area contributed by atoms with E-state index in [2.05, 4.69) is 15.6 Å². The fourth-order valence-corrected chi connectivity index (χ4v) is 3.41. The van der Waals surface area contributed by atoms with E-state index >= 15 is 0 Å². The van der Waals surface area contributed by atoms with Gasteiger partial charge in [0.2, 0.25) is 5.91 Å². The zero-order valence-electron chi connectivity index (χ0n) is 15.0. The first-order valence-corrected chi connectivity index (χ1v) is 9.52. The average Bonchev–Trinajstić information content (AvgIpc) is 3.12. The van der Waals surface area contributed by atoms with E-state index in [1.165, 1.54) is 0 Å². The molecule has 3 aromatic rings. The first-order chi connectivity index (χ1) is 13.1. The lowest BCUT2D eigenvalue weighted by atomic mass is 10.0. The second-order valence-corrected chi connectivity index (χ2v) is 7.46. The molecule has 0 saturated heterocycles. The summed E-state index contributed by atoms with van der Waals surface area (Å²) in [5, 5.41) is 6.72. The predicted octanol–water partition coefficient (Wildman–Crippen LogP) is 3.11. The van der Waals surface area contributed by atoms with E-state index in [9.17, 15) is 9.59 Å². The van der Waals surface area contributed by atoms with Crippen molar-refractivity contribution >= 4 is 23.2 Å². The first kappa shape index (κ1) is 18.8. The van der Waals surface area contributed by atoms with Crippen LogP contribution in [0.2, 0.25) is 0 Å². The Labute approximate surface area is 162 Å². The molecule has 0 fully saturated rings. The lowest BCUT2D eigenvalue weighted by Crippen LogP contribution is -2.47. The molecular formula is C21H21N3O2S. The summed E-state index contributed by atoms with van der Waals surface area (Å²) < 4.78 is 0. The van der Waals surface area contributed by atoms with Gasteiger partial charge >= 0.3 is 0 Å². The van der Waals surface area contributed by atoms with Gasteiger partial charge in [0, 0.05) is 23.1 Å². The normalized spacial score (nSPS) is 11.6. The predicted molar refractivity (Wildman–Crippen MR) is 107 cm³/mol. The highest BCUT2D eigenvalue weighted by Crippen LogP contribution is 2.11. The van der Waals surface area contributed by atoms with Crippen LogP contribution in [0.4, 0.5) is 0 Å². The largest absolute Gasteiger partial charge is 0.349 e. The van der Waals surface area contributed by atoms with Crippen LogP contribution in [0, 0.1) is 6.92 Å². The molecule has 3 rings (SSSR count). The van der Waals surface area contributed by atoms with Crippen LogP contribution in [0.15, 0.2) is 66.9 Å².